The number of halogens is 3. The molecule has 0 N–H and O–H groups in total. The third-order valence-electron chi connectivity index (χ3n) is 1.58. The van der Waals surface area contributed by atoms with Crippen LogP contribution in [0, 0.1) is 7.11 Å². The van der Waals surface area contributed by atoms with Crippen LogP contribution in [0.25, 0.3) is 0 Å². The zero-order chi connectivity index (χ0) is 9.90. The van der Waals surface area contributed by atoms with E-state index in [9.17, 15) is 13.2 Å². The highest BCUT2D eigenvalue weighted by Crippen LogP contribution is 2.31. The van der Waals surface area contributed by atoms with E-state index in [0.717, 1.165) is 6.07 Å². The van der Waals surface area contributed by atoms with E-state index in [0.29, 0.717) is 0 Å². The van der Waals surface area contributed by atoms with Crippen LogP contribution in [-0.4, -0.2) is 0 Å². The molecule has 1 radical (unpaired) electrons. The largest absolute Gasteiger partial charge is 0.416 e. The molecule has 0 amide bonds. The smallest absolute Gasteiger partial charge is 0.374 e. The molecule has 0 bridgehead atoms. The Kier molecular flexibility index (Phi) is 2.93. The van der Waals surface area contributed by atoms with Gasteiger partial charge in [-0.15, -0.1) is 0 Å². The fourth-order valence-corrected chi connectivity index (χ4v) is 1.03. The van der Waals surface area contributed by atoms with Crippen molar-refractivity contribution in [2.75, 3.05) is 0 Å². The summed E-state index contributed by atoms with van der Waals surface area (Å²) in [4.78, 5) is 0. The van der Waals surface area contributed by atoms with E-state index in [-0.39, 0.29) is 12.2 Å². The van der Waals surface area contributed by atoms with Gasteiger partial charge in [-0.25, -0.2) is 0 Å². The van der Waals surface area contributed by atoms with Gasteiger partial charge in [0.2, 0.25) is 0 Å². The Morgan fingerprint density at radius 3 is 2.38 bits per heavy atom. The maximum absolute atomic E-state index is 12.3. The number of benzene rings is 1. The van der Waals surface area contributed by atoms with Crippen LogP contribution in [0.15, 0.2) is 24.3 Å². The van der Waals surface area contributed by atoms with Crippen molar-refractivity contribution in [1.29, 1.82) is 0 Å². The summed E-state index contributed by atoms with van der Waals surface area (Å²) >= 11 is 0. The van der Waals surface area contributed by atoms with Crippen molar-refractivity contribution in [3.05, 3.63) is 42.5 Å². The van der Waals surface area contributed by atoms with Gasteiger partial charge in [-0.1, -0.05) is 18.2 Å². The highest BCUT2D eigenvalue weighted by atomic mass is 19.4. The van der Waals surface area contributed by atoms with Gasteiger partial charge >= 0.3 is 6.18 Å². The first-order valence-corrected chi connectivity index (χ1v) is 3.58. The molecule has 0 aliphatic heterocycles. The fourth-order valence-electron chi connectivity index (χ4n) is 1.03. The third kappa shape index (κ3) is 2.45. The van der Waals surface area contributed by atoms with E-state index in [1.807, 2.05) is 0 Å². The molecule has 1 nitrogen and oxygen atoms in total. The topological polar surface area (TPSA) is 9.23 Å². The summed E-state index contributed by atoms with van der Waals surface area (Å²) in [6.07, 6.45) is -4.32. The van der Waals surface area contributed by atoms with E-state index in [1.165, 1.54) is 18.2 Å². The number of alkyl halides is 3. The van der Waals surface area contributed by atoms with Gasteiger partial charge in [0.25, 0.3) is 0 Å². The van der Waals surface area contributed by atoms with Crippen LogP contribution >= 0.6 is 0 Å². The van der Waals surface area contributed by atoms with Crippen molar-refractivity contribution in [2.24, 2.45) is 0 Å². The Balaban J connectivity index is 3.05. The first-order chi connectivity index (χ1) is 6.05. The number of rotatable bonds is 2. The highest BCUT2D eigenvalue weighted by Gasteiger charge is 2.32. The van der Waals surface area contributed by atoms with Crippen LogP contribution < -0.4 is 0 Å². The van der Waals surface area contributed by atoms with Gasteiger partial charge in [-0.3, -0.25) is 0 Å². The Labute approximate surface area is 74.1 Å². The monoisotopic (exact) mass is 189 g/mol. The van der Waals surface area contributed by atoms with Crippen LogP contribution in [0.3, 0.4) is 0 Å². The summed E-state index contributed by atoms with van der Waals surface area (Å²) in [6.45, 7) is -0.129. The molecule has 0 aliphatic carbocycles. The second-order valence-corrected chi connectivity index (χ2v) is 2.50. The first-order valence-electron chi connectivity index (χ1n) is 3.58. The summed E-state index contributed by atoms with van der Waals surface area (Å²) in [6, 6.07) is 5.27. The van der Waals surface area contributed by atoms with Gasteiger partial charge in [-0.05, 0) is 11.6 Å². The second-order valence-electron chi connectivity index (χ2n) is 2.50. The van der Waals surface area contributed by atoms with E-state index in [1.54, 1.807) is 0 Å². The summed E-state index contributed by atoms with van der Waals surface area (Å²) < 4.78 is 41.3. The molecule has 0 aromatic heterocycles. The minimum absolute atomic E-state index is 0.102. The zero-order valence-electron chi connectivity index (χ0n) is 6.77. The third-order valence-corrected chi connectivity index (χ3v) is 1.58. The number of hydrogen-bond acceptors (Lipinski definition) is 1. The molecule has 0 spiro atoms. The fraction of sp³-hybridized carbons (Fsp3) is 0.222. The highest BCUT2D eigenvalue weighted by molar-refractivity contribution is 5.28. The van der Waals surface area contributed by atoms with Crippen molar-refractivity contribution in [3.8, 4) is 0 Å². The van der Waals surface area contributed by atoms with Crippen molar-refractivity contribution >= 4 is 0 Å². The SMILES string of the molecule is [CH2]OCc1ccccc1C(F)(F)F. The van der Waals surface area contributed by atoms with E-state index in [2.05, 4.69) is 11.8 Å². The number of hydrogen-bond donors (Lipinski definition) is 0. The summed E-state index contributed by atoms with van der Waals surface area (Å²) in [5.41, 5.74) is -0.566. The molecule has 0 atom stereocenters. The Bertz CT molecular complexity index is 280. The molecule has 0 unspecified atom stereocenters. The standard InChI is InChI=1S/C9H8F3O/c1-13-6-7-4-2-3-5-8(7)9(10,11)12/h2-5H,1,6H2. The molecule has 1 aromatic rings. The molecular formula is C9H8F3O. The summed E-state index contributed by atoms with van der Waals surface area (Å²) in [5.74, 6) is 0. The summed E-state index contributed by atoms with van der Waals surface area (Å²) in [5, 5.41) is 0. The normalized spacial score (nSPS) is 11.7. The van der Waals surface area contributed by atoms with Gasteiger partial charge in [-0.2, -0.15) is 13.2 Å². The predicted octanol–water partition coefficient (Wildman–Crippen LogP) is 3.01. The van der Waals surface area contributed by atoms with Crippen molar-refractivity contribution in [2.45, 2.75) is 12.8 Å². The quantitative estimate of drug-likeness (QED) is 0.694. The molecule has 1 rings (SSSR count). The lowest BCUT2D eigenvalue weighted by Gasteiger charge is -2.11. The van der Waals surface area contributed by atoms with Crippen LogP contribution in [0.4, 0.5) is 13.2 Å². The molecule has 0 fully saturated rings. The van der Waals surface area contributed by atoms with Crippen LogP contribution in [0.2, 0.25) is 0 Å². The molecule has 71 valence electrons. The lowest BCUT2D eigenvalue weighted by molar-refractivity contribution is -0.138. The van der Waals surface area contributed by atoms with Crippen molar-refractivity contribution in [3.63, 3.8) is 0 Å². The lowest BCUT2D eigenvalue weighted by atomic mass is 10.1. The molecule has 0 saturated carbocycles. The average Bonchev–Trinajstić information content (AvgIpc) is 2.04. The van der Waals surface area contributed by atoms with Gasteiger partial charge in [0.1, 0.15) is 0 Å². The van der Waals surface area contributed by atoms with Gasteiger partial charge in [0.05, 0.1) is 19.3 Å². The zero-order valence-corrected chi connectivity index (χ0v) is 6.77. The first kappa shape index (κ1) is 10.1. The number of ether oxygens (including phenoxy) is 1. The van der Waals surface area contributed by atoms with Crippen LogP contribution in [-0.2, 0) is 17.5 Å². The van der Waals surface area contributed by atoms with Crippen molar-refractivity contribution < 1.29 is 17.9 Å². The molecule has 13 heavy (non-hydrogen) atoms. The molecular weight excluding hydrogens is 181 g/mol. The van der Waals surface area contributed by atoms with E-state index < -0.39 is 11.7 Å². The Morgan fingerprint density at radius 2 is 1.85 bits per heavy atom. The van der Waals surface area contributed by atoms with E-state index in [4.69, 9.17) is 0 Å². The second kappa shape index (κ2) is 3.79. The summed E-state index contributed by atoms with van der Waals surface area (Å²) in [7, 11) is 3.04. The maximum Gasteiger partial charge on any atom is 0.416 e. The molecule has 1 aromatic carbocycles. The molecule has 0 aliphatic rings. The molecule has 4 heteroatoms. The van der Waals surface area contributed by atoms with Gasteiger partial charge < -0.3 is 4.74 Å². The minimum atomic E-state index is -4.32. The average molecular weight is 189 g/mol. The van der Waals surface area contributed by atoms with Gasteiger partial charge in [0, 0.05) is 0 Å². The maximum atomic E-state index is 12.3. The van der Waals surface area contributed by atoms with Crippen molar-refractivity contribution in [1.82, 2.24) is 0 Å². The predicted molar refractivity (Wildman–Crippen MR) is 41.6 cm³/mol. The molecule has 0 saturated heterocycles. The molecule has 0 heterocycles. The van der Waals surface area contributed by atoms with Crippen LogP contribution in [0.5, 0.6) is 0 Å². The van der Waals surface area contributed by atoms with E-state index >= 15 is 0 Å². The minimum Gasteiger partial charge on any atom is -0.374 e. The van der Waals surface area contributed by atoms with Gasteiger partial charge in [0.15, 0.2) is 0 Å². The Hall–Kier alpha value is -1.03. The Morgan fingerprint density at radius 1 is 1.23 bits per heavy atom. The lowest BCUT2D eigenvalue weighted by Crippen LogP contribution is -2.09. The van der Waals surface area contributed by atoms with Crippen LogP contribution in [0.1, 0.15) is 11.1 Å².